The van der Waals surface area contributed by atoms with Crippen molar-refractivity contribution in [2.24, 2.45) is 0 Å². The second-order valence-electron chi connectivity index (χ2n) is 5.45. The summed E-state index contributed by atoms with van der Waals surface area (Å²) < 4.78 is 0. The molecule has 1 fully saturated rings. The number of benzene rings is 2. The molecule has 2 aromatic rings. The van der Waals surface area contributed by atoms with Crippen molar-refractivity contribution in [1.29, 1.82) is 0 Å². The van der Waals surface area contributed by atoms with Gasteiger partial charge in [0.25, 0.3) is 0 Å². The van der Waals surface area contributed by atoms with Crippen molar-refractivity contribution in [3.05, 3.63) is 70.8 Å². The van der Waals surface area contributed by atoms with Gasteiger partial charge in [0.1, 0.15) is 0 Å². The summed E-state index contributed by atoms with van der Waals surface area (Å²) in [5.74, 6) is 1.31. The largest absolute Gasteiger partial charge is 0.315 e. The standard InChI is InChI=1S/C17H17N/c1-3-7-14-12(5-1)9-13-6-2-4-8-15(13)17-11-18-10-16(14)17/h1-8,16-18H,9-11H2. The summed E-state index contributed by atoms with van der Waals surface area (Å²) in [7, 11) is 0. The van der Waals surface area contributed by atoms with Crippen LogP contribution in [0.5, 0.6) is 0 Å². The van der Waals surface area contributed by atoms with E-state index in [0.29, 0.717) is 11.8 Å². The maximum Gasteiger partial charge on any atom is 0.00473 e. The second-order valence-corrected chi connectivity index (χ2v) is 5.45. The number of fused-ring (bicyclic) bond motifs is 5. The minimum absolute atomic E-state index is 0.657. The SMILES string of the molecule is c1ccc2c(c1)Cc1ccccc1C1CNCC21. The zero-order valence-electron chi connectivity index (χ0n) is 10.4. The minimum atomic E-state index is 0.657. The van der Waals surface area contributed by atoms with E-state index in [-0.39, 0.29) is 0 Å². The molecular formula is C17H17N. The Morgan fingerprint density at radius 1 is 0.722 bits per heavy atom. The van der Waals surface area contributed by atoms with Gasteiger partial charge in [-0.3, -0.25) is 0 Å². The van der Waals surface area contributed by atoms with Crippen LogP contribution in [-0.2, 0) is 6.42 Å². The Bertz CT molecular complexity index is 536. The Hall–Kier alpha value is -1.60. The molecule has 0 radical (unpaired) electrons. The van der Waals surface area contributed by atoms with Gasteiger partial charge in [0.05, 0.1) is 0 Å². The summed E-state index contributed by atoms with van der Waals surface area (Å²) in [5, 5.41) is 3.57. The molecule has 0 bridgehead atoms. The molecule has 2 aliphatic rings. The molecule has 0 saturated carbocycles. The van der Waals surface area contributed by atoms with Crippen molar-refractivity contribution < 1.29 is 0 Å². The van der Waals surface area contributed by atoms with Crippen LogP contribution in [-0.4, -0.2) is 13.1 Å². The molecular weight excluding hydrogens is 218 g/mol. The highest BCUT2D eigenvalue weighted by molar-refractivity contribution is 5.46. The normalized spacial score (nSPS) is 24.9. The Balaban J connectivity index is 1.95. The van der Waals surface area contributed by atoms with Crippen LogP contribution in [0.2, 0.25) is 0 Å². The van der Waals surface area contributed by atoms with Gasteiger partial charge in [-0.2, -0.15) is 0 Å². The van der Waals surface area contributed by atoms with Crippen LogP contribution in [0, 0.1) is 0 Å². The third kappa shape index (κ3) is 1.44. The van der Waals surface area contributed by atoms with E-state index in [1.54, 1.807) is 11.1 Å². The highest BCUT2D eigenvalue weighted by Gasteiger charge is 2.34. The second kappa shape index (κ2) is 3.96. The van der Waals surface area contributed by atoms with Crippen LogP contribution in [0.4, 0.5) is 0 Å². The third-order valence-corrected chi connectivity index (χ3v) is 4.50. The molecule has 90 valence electrons. The van der Waals surface area contributed by atoms with Crippen molar-refractivity contribution in [3.63, 3.8) is 0 Å². The third-order valence-electron chi connectivity index (χ3n) is 4.50. The summed E-state index contributed by atoms with van der Waals surface area (Å²) in [4.78, 5) is 0. The van der Waals surface area contributed by atoms with Crippen LogP contribution in [0.1, 0.15) is 34.1 Å². The van der Waals surface area contributed by atoms with Crippen LogP contribution in [0.25, 0.3) is 0 Å². The van der Waals surface area contributed by atoms with Gasteiger partial charge in [-0.05, 0) is 28.7 Å². The average molecular weight is 235 g/mol. The number of rotatable bonds is 0. The van der Waals surface area contributed by atoms with E-state index in [4.69, 9.17) is 0 Å². The van der Waals surface area contributed by atoms with E-state index >= 15 is 0 Å². The van der Waals surface area contributed by atoms with Gasteiger partial charge in [0.2, 0.25) is 0 Å². The van der Waals surface area contributed by atoms with Crippen LogP contribution >= 0.6 is 0 Å². The number of hydrogen-bond acceptors (Lipinski definition) is 1. The van der Waals surface area contributed by atoms with Gasteiger partial charge in [0.15, 0.2) is 0 Å². The lowest BCUT2D eigenvalue weighted by molar-refractivity contribution is 0.669. The molecule has 4 rings (SSSR count). The smallest absolute Gasteiger partial charge is 0.00473 e. The average Bonchev–Trinajstić information content (AvgIpc) is 2.84. The fourth-order valence-electron chi connectivity index (χ4n) is 3.65. The van der Waals surface area contributed by atoms with Crippen molar-refractivity contribution in [1.82, 2.24) is 5.32 Å². The Morgan fingerprint density at radius 3 is 1.78 bits per heavy atom. The maximum absolute atomic E-state index is 3.57. The molecule has 1 heteroatoms. The predicted octanol–water partition coefficient (Wildman–Crippen LogP) is 3.06. The molecule has 2 unspecified atom stereocenters. The molecule has 1 aliphatic carbocycles. The predicted molar refractivity (Wildman–Crippen MR) is 74.0 cm³/mol. The van der Waals surface area contributed by atoms with Crippen molar-refractivity contribution >= 4 is 0 Å². The van der Waals surface area contributed by atoms with Gasteiger partial charge in [-0.1, -0.05) is 48.5 Å². The van der Waals surface area contributed by atoms with Crippen LogP contribution in [0.15, 0.2) is 48.5 Å². The highest BCUT2D eigenvalue weighted by atomic mass is 14.9. The summed E-state index contributed by atoms with van der Waals surface area (Å²) in [6.45, 7) is 2.24. The van der Waals surface area contributed by atoms with E-state index in [1.165, 1.54) is 11.1 Å². The van der Waals surface area contributed by atoms with Crippen LogP contribution in [0.3, 0.4) is 0 Å². The first-order valence-corrected chi connectivity index (χ1v) is 6.80. The van der Waals surface area contributed by atoms with Gasteiger partial charge in [0, 0.05) is 24.9 Å². The monoisotopic (exact) mass is 235 g/mol. The van der Waals surface area contributed by atoms with Crippen molar-refractivity contribution in [2.75, 3.05) is 13.1 Å². The molecule has 1 aliphatic heterocycles. The zero-order valence-corrected chi connectivity index (χ0v) is 10.4. The van der Waals surface area contributed by atoms with E-state index < -0.39 is 0 Å². The van der Waals surface area contributed by atoms with Crippen molar-refractivity contribution in [3.8, 4) is 0 Å². The lowest BCUT2D eigenvalue weighted by atomic mass is 9.84. The first-order valence-electron chi connectivity index (χ1n) is 6.80. The molecule has 1 nitrogen and oxygen atoms in total. The summed E-state index contributed by atoms with van der Waals surface area (Å²) >= 11 is 0. The summed E-state index contributed by atoms with van der Waals surface area (Å²) in [6, 6.07) is 18.0. The Morgan fingerprint density at radius 2 is 1.22 bits per heavy atom. The first kappa shape index (κ1) is 10.3. The number of hydrogen-bond donors (Lipinski definition) is 1. The molecule has 0 spiro atoms. The topological polar surface area (TPSA) is 12.0 Å². The maximum atomic E-state index is 3.57. The van der Waals surface area contributed by atoms with E-state index in [2.05, 4.69) is 53.8 Å². The highest BCUT2D eigenvalue weighted by Crippen LogP contribution is 2.42. The lowest BCUT2D eigenvalue weighted by Crippen LogP contribution is -2.09. The lowest BCUT2D eigenvalue weighted by Gasteiger charge is -2.19. The summed E-state index contributed by atoms with van der Waals surface area (Å²) in [5.41, 5.74) is 6.15. The fraction of sp³-hybridized carbons (Fsp3) is 0.294. The quantitative estimate of drug-likeness (QED) is 0.740. The zero-order chi connectivity index (χ0) is 11.9. The molecule has 2 atom stereocenters. The van der Waals surface area contributed by atoms with Gasteiger partial charge < -0.3 is 5.32 Å². The Kier molecular flexibility index (Phi) is 2.27. The fourth-order valence-corrected chi connectivity index (χ4v) is 3.65. The summed E-state index contributed by atoms with van der Waals surface area (Å²) in [6.07, 6.45) is 1.10. The van der Waals surface area contributed by atoms with E-state index in [1.807, 2.05) is 0 Å². The van der Waals surface area contributed by atoms with Gasteiger partial charge >= 0.3 is 0 Å². The first-order chi connectivity index (χ1) is 8.93. The molecule has 1 heterocycles. The molecule has 0 aromatic heterocycles. The minimum Gasteiger partial charge on any atom is -0.315 e. The van der Waals surface area contributed by atoms with Gasteiger partial charge in [-0.25, -0.2) is 0 Å². The molecule has 1 saturated heterocycles. The molecule has 0 amide bonds. The molecule has 2 aromatic carbocycles. The van der Waals surface area contributed by atoms with E-state index in [0.717, 1.165) is 19.5 Å². The van der Waals surface area contributed by atoms with E-state index in [9.17, 15) is 0 Å². The van der Waals surface area contributed by atoms with Gasteiger partial charge in [-0.15, -0.1) is 0 Å². The molecule has 1 N–H and O–H groups in total. The van der Waals surface area contributed by atoms with Crippen molar-refractivity contribution in [2.45, 2.75) is 18.3 Å². The Labute approximate surface area is 108 Å². The van der Waals surface area contributed by atoms with Crippen LogP contribution < -0.4 is 5.32 Å². The molecule has 18 heavy (non-hydrogen) atoms. The number of nitrogens with one attached hydrogen (secondary N) is 1.